The number of amides is 1. The van der Waals surface area contributed by atoms with Crippen LogP contribution in [0, 0.1) is 5.82 Å². The van der Waals surface area contributed by atoms with E-state index in [1.807, 2.05) is 0 Å². The van der Waals surface area contributed by atoms with E-state index in [-0.39, 0.29) is 35.7 Å². The van der Waals surface area contributed by atoms with E-state index < -0.39 is 9.84 Å². The maximum Gasteiger partial charge on any atom is 0.220 e. The van der Waals surface area contributed by atoms with E-state index in [0.717, 1.165) is 5.56 Å². The van der Waals surface area contributed by atoms with Crippen LogP contribution in [-0.2, 0) is 21.1 Å². The molecule has 1 aromatic carbocycles. The summed E-state index contributed by atoms with van der Waals surface area (Å²) in [5.41, 5.74) is 0.761. The maximum absolute atomic E-state index is 13.0. The number of hydrogen-bond acceptors (Lipinski definition) is 3. The molecule has 1 N–H and O–H groups in total. The average molecular weight is 299 g/mol. The van der Waals surface area contributed by atoms with Gasteiger partial charge in [0.1, 0.15) is 5.82 Å². The Labute approximate surface area is 118 Å². The molecule has 1 heterocycles. The van der Waals surface area contributed by atoms with Crippen LogP contribution in [0.15, 0.2) is 24.3 Å². The minimum Gasteiger partial charge on any atom is -0.352 e. The summed E-state index contributed by atoms with van der Waals surface area (Å²) < 4.78 is 35.9. The van der Waals surface area contributed by atoms with Crippen molar-refractivity contribution in [1.29, 1.82) is 0 Å². The highest BCUT2D eigenvalue weighted by molar-refractivity contribution is 7.91. The van der Waals surface area contributed by atoms with E-state index in [9.17, 15) is 17.6 Å². The second kappa shape index (κ2) is 6.35. The van der Waals surface area contributed by atoms with Crippen molar-refractivity contribution in [3.63, 3.8) is 0 Å². The van der Waals surface area contributed by atoms with Crippen LogP contribution in [-0.4, -0.2) is 31.9 Å². The Kier molecular flexibility index (Phi) is 4.75. The van der Waals surface area contributed by atoms with Gasteiger partial charge >= 0.3 is 0 Å². The van der Waals surface area contributed by atoms with E-state index in [4.69, 9.17) is 0 Å². The number of carbonyl (C=O) groups excluding carboxylic acids is 1. The molecule has 20 heavy (non-hydrogen) atoms. The number of benzene rings is 1. The van der Waals surface area contributed by atoms with E-state index in [1.54, 1.807) is 12.1 Å². The van der Waals surface area contributed by atoms with Gasteiger partial charge in [0, 0.05) is 12.5 Å². The molecule has 1 atom stereocenters. The van der Waals surface area contributed by atoms with Gasteiger partial charge in [-0.15, -0.1) is 0 Å². The summed E-state index contributed by atoms with van der Waals surface area (Å²) in [4.78, 5) is 11.8. The number of aryl methyl sites for hydroxylation is 1. The maximum atomic E-state index is 13.0. The van der Waals surface area contributed by atoms with E-state index >= 15 is 0 Å². The summed E-state index contributed by atoms with van der Waals surface area (Å²) in [5.74, 6) is -0.265. The second-order valence-electron chi connectivity index (χ2n) is 5.15. The largest absolute Gasteiger partial charge is 0.352 e. The lowest BCUT2D eigenvalue weighted by atomic mass is 10.1. The molecule has 0 saturated carbocycles. The first-order valence-electron chi connectivity index (χ1n) is 6.69. The van der Waals surface area contributed by atoms with Crippen LogP contribution in [0.4, 0.5) is 4.39 Å². The minimum absolute atomic E-state index is 0.0265. The van der Waals surface area contributed by atoms with Crippen molar-refractivity contribution >= 4 is 15.7 Å². The van der Waals surface area contributed by atoms with Crippen LogP contribution >= 0.6 is 0 Å². The molecule has 110 valence electrons. The number of carbonyl (C=O) groups is 1. The predicted molar refractivity (Wildman–Crippen MR) is 74.5 cm³/mol. The number of rotatable bonds is 4. The first kappa shape index (κ1) is 15.0. The third-order valence-electron chi connectivity index (χ3n) is 3.36. The summed E-state index contributed by atoms with van der Waals surface area (Å²) in [7, 11) is -3.01. The highest BCUT2D eigenvalue weighted by Gasteiger charge is 2.25. The van der Waals surface area contributed by atoms with Gasteiger partial charge in [0.25, 0.3) is 0 Å². The molecule has 1 aliphatic rings. The third-order valence-corrected chi connectivity index (χ3v) is 5.18. The molecule has 0 radical (unpaired) electrons. The Morgan fingerprint density at radius 1 is 1.40 bits per heavy atom. The quantitative estimate of drug-likeness (QED) is 0.915. The first-order valence-corrected chi connectivity index (χ1v) is 8.51. The average Bonchev–Trinajstić information content (AvgIpc) is 2.35. The fourth-order valence-electron chi connectivity index (χ4n) is 2.39. The summed E-state index contributed by atoms with van der Waals surface area (Å²) in [6, 6.07) is 5.85. The molecule has 4 nitrogen and oxygen atoms in total. The predicted octanol–water partition coefficient (Wildman–Crippen LogP) is 1.45. The molecule has 1 aromatic rings. The van der Waals surface area contributed by atoms with E-state index in [0.29, 0.717) is 19.3 Å². The van der Waals surface area contributed by atoms with Crippen molar-refractivity contribution in [2.75, 3.05) is 11.5 Å². The fourth-order valence-corrected chi connectivity index (χ4v) is 4.02. The van der Waals surface area contributed by atoms with Crippen molar-refractivity contribution in [3.8, 4) is 0 Å². The molecule has 0 aromatic heterocycles. The number of sulfone groups is 1. The minimum atomic E-state index is -3.01. The lowest BCUT2D eigenvalue weighted by molar-refractivity contribution is -0.121. The zero-order valence-electron chi connectivity index (χ0n) is 11.1. The molecule has 1 amide bonds. The van der Waals surface area contributed by atoms with Crippen molar-refractivity contribution in [1.82, 2.24) is 5.32 Å². The summed E-state index contributed by atoms with van der Waals surface area (Å²) in [5, 5.41) is 2.75. The third kappa shape index (κ3) is 4.59. The molecular weight excluding hydrogens is 281 g/mol. The SMILES string of the molecule is O=C(CCc1cccc(F)c1)N[C@H]1CCCS(=O)(=O)C1. The van der Waals surface area contributed by atoms with Gasteiger partial charge in [0.15, 0.2) is 9.84 Å². The smallest absolute Gasteiger partial charge is 0.220 e. The molecule has 2 rings (SSSR count). The Bertz CT molecular complexity index is 586. The van der Waals surface area contributed by atoms with E-state index in [1.165, 1.54) is 12.1 Å². The van der Waals surface area contributed by atoms with Crippen LogP contribution in [0.5, 0.6) is 0 Å². The number of nitrogens with one attached hydrogen (secondary N) is 1. The molecule has 1 aliphatic heterocycles. The van der Waals surface area contributed by atoms with Gasteiger partial charge in [0.05, 0.1) is 11.5 Å². The van der Waals surface area contributed by atoms with Crippen molar-refractivity contribution < 1.29 is 17.6 Å². The van der Waals surface area contributed by atoms with Crippen LogP contribution in [0.3, 0.4) is 0 Å². The summed E-state index contributed by atoms with van der Waals surface area (Å²) in [6.07, 6.45) is 1.98. The lowest BCUT2D eigenvalue weighted by Gasteiger charge is -2.23. The summed E-state index contributed by atoms with van der Waals surface area (Å²) in [6.45, 7) is 0. The van der Waals surface area contributed by atoms with Gasteiger partial charge in [-0.25, -0.2) is 12.8 Å². The molecule has 6 heteroatoms. The van der Waals surface area contributed by atoms with Crippen LogP contribution < -0.4 is 5.32 Å². The zero-order valence-corrected chi connectivity index (χ0v) is 12.0. The van der Waals surface area contributed by atoms with Gasteiger partial charge in [0.2, 0.25) is 5.91 Å². The Hall–Kier alpha value is -1.43. The van der Waals surface area contributed by atoms with Crippen molar-refractivity contribution in [2.24, 2.45) is 0 Å². The topological polar surface area (TPSA) is 63.2 Å². The Balaban J connectivity index is 1.81. The van der Waals surface area contributed by atoms with Crippen molar-refractivity contribution in [2.45, 2.75) is 31.7 Å². The highest BCUT2D eigenvalue weighted by Crippen LogP contribution is 2.12. The monoisotopic (exact) mass is 299 g/mol. The molecule has 0 unspecified atom stereocenters. The van der Waals surface area contributed by atoms with Crippen LogP contribution in [0.25, 0.3) is 0 Å². The van der Waals surface area contributed by atoms with Gasteiger partial charge in [-0.05, 0) is 37.0 Å². The summed E-state index contributed by atoms with van der Waals surface area (Å²) >= 11 is 0. The van der Waals surface area contributed by atoms with Gasteiger partial charge in [-0.3, -0.25) is 4.79 Å². The Morgan fingerprint density at radius 3 is 2.90 bits per heavy atom. The molecule has 1 saturated heterocycles. The number of halogens is 1. The second-order valence-corrected chi connectivity index (χ2v) is 7.38. The fraction of sp³-hybridized carbons (Fsp3) is 0.500. The van der Waals surface area contributed by atoms with Crippen molar-refractivity contribution in [3.05, 3.63) is 35.6 Å². The Morgan fingerprint density at radius 2 is 2.20 bits per heavy atom. The standard InChI is InChI=1S/C14H18FNO3S/c15-12-4-1-3-11(9-12)6-7-14(17)16-13-5-2-8-20(18,19)10-13/h1,3-4,9,13H,2,5-8,10H2,(H,16,17)/t13-/m0/s1. The molecule has 0 bridgehead atoms. The highest BCUT2D eigenvalue weighted by atomic mass is 32.2. The number of hydrogen-bond donors (Lipinski definition) is 1. The molecule has 0 aliphatic carbocycles. The van der Waals surface area contributed by atoms with Gasteiger partial charge in [-0.2, -0.15) is 0 Å². The normalized spacial score (nSPS) is 21.4. The van der Waals surface area contributed by atoms with Crippen LogP contribution in [0.1, 0.15) is 24.8 Å². The van der Waals surface area contributed by atoms with Gasteiger partial charge < -0.3 is 5.32 Å². The molecular formula is C14H18FNO3S. The molecule has 1 fully saturated rings. The molecule has 0 spiro atoms. The van der Waals surface area contributed by atoms with E-state index in [2.05, 4.69) is 5.32 Å². The van der Waals surface area contributed by atoms with Crippen LogP contribution in [0.2, 0.25) is 0 Å². The van der Waals surface area contributed by atoms with Gasteiger partial charge in [-0.1, -0.05) is 12.1 Å². The first-order chi connectivity index (χ1) is 9.44. The zero-order chi connectivity index (χ0) is 14.6. The lowest BCUT2D eigenvalue weighted by Crippen LogP contribution is -2.43.